The first-order chi connectivity index (χ1) is 12.2. The molecule has 0 aromatic heterocycles. The van der Waals surface area contributed by atoms with Gasteiger partial charge in [0.1, 0.15) is 0 Å². The molecule has 5 rings (SSSR count). The number of rotatable bonds is 5. The molecule has 3 heterocycles. The summed E-state index contributed by atoms with van der Waals surface area (Å²) >= 11 is 3.60. The van der Waals surface area contributed by atoms with E-state index in [-0.39, 0.29) is 5.41 Å². The Balaban J connectivity index is 1.29. The van der Waals surface area contributed by atoms with Gasteiger partial charge in [-0.25, -0.2) is 0 Å². The molecule has 2 N–H and O–H groups in total. The fraction of sp³-hybridized carbons (Fsp3) is 0.632. The predicted octanol–water partition coefficient (Wildman–Crippen LogP) is 1.65. The number of hydrogen-bond acceptors (Lipinski definition) is 3. The van der Waals surface area contributed by atoms with Crippen molar-refractivity contribution in [2.45, 2.75) is 24.3 Å². The number of fused-ring (bicyclic) bond motifs is 3. The molecule has 0 spiro atoms. The lowest BCUT2D eigenvalue weighted by Gasteiger charge is -2.47. The molecule has 5 nitrogen and oxygen atoms in total. The molecule has 2 bridgehead atoms. The summed E-state index contributed by atoms with van der Waals surface area (Å²) < 4.78 is 1.16. The number of piperazine rings is 3. The summed E-state index contributed by atoms with van der Waals surface area (Å²) in [5.41, 5.74) is 1.70. The summed E-state index contributed by atoms with van der Waals surface area (Å²) in [5.74, 6) is 0.930. The summed E-state index contributed by atoms with van der Waals surface area (Å²) in [5, 5.41) is 7.11. The van der Waals surface area contributed by atoms with E-state index in [0.717, 1.165) is 23.5 Å². The Morgan fingerprint density at radius 1 is 1.24 bits per heavy atom. The first-order valence-corrected chi connectivity index (χ1v) is 10.1. The van der Waals surface area contributed by atoms with E-state index in [4.69, 9.17) is 0 Å². The lowest BCUT2D eigenvalue weighted by molar-refractivity contribution is 0.0154. The van der Waals surface area contributed by atoms with Gasteiger partial charge in [-0.1, -0.05) is 28.1 Å². The maximum atomic E-state index is 4.43. The fourth-order valence-electron chi connectivity index (χ4n) is 4.14. The normalized spacial score (nSPS) is 30.2. The second-order valence-corrected chi connectivity index (χ2v) is 8.50. The van der Waals surface area contributed by atoms with Crippen molar-refractivity contribution in [3.8, 4) is 0 Å². The van der Waals surface area contributed by atoms with Crippen molar-refractivity contribution in [1.29, 1.82) is 0 Å². The smallest absolute Gasteiger partial charge is 0.191 e. The minimum absolute atomic E-state index is 0.278. The van der Waals surface area contributed by atoms with Crippen LogP contribution < -0.4 is 10.6 Å². The number of nitrogens with one attached hydrogen (secondary N) is 2. The third-order valence-electron chi connectivity index (χ3n) is 6.01. The number of hydrogen-bond donors (Lipinski definition) is 2. The molecule has 1 atom stereocenters. The Hall–Kier alpha value is -1.11. The molecule has 1 saturated carbocycles. The summed E-state index contributed by atoms with van der Waals surface area (Å²) in [6.45, 7) is 8.00. The molecular formula is C19H28BrN5. The second-order valence-electron chi connectivity index (χ2n) is 7.59. The van der Waals surface area contributed by atoms with Crippen LogP contribution in [0.3, 0.4) is 0 Å². The van der Waals surface area contributed by atoms with Gasteiger partial charge in [0.05, 0.1) is 0 Å². The first kappa shape index (κ1) is 17.3. The molecule has 1 aromatic carbocycles. The van der Waals surface area contributed by atoms with Gasteiger partial charge in [0, 0.05) is 68.8 Å². The quantitative estimate of drug-likeness (QED) is 0.577. The van der Waals surface area contributed by atoms with Crippen LogP contribution in [0.15, 0.2) is 33.7 Å². The predicted molar refractivity (Wildman–Crippen MR) is 106 cm³/mol. The van der Waals surface area contributed by atoms with Crippen LogP contribution in [0.4, 0.5) is 0 Å². The standard InChI is InChI=1S/C19H28BrN5/c1-21-18(22-12-17-13-24-7-9-25(17)10-8-24)23-14-19(5-6-19)15-3-2-4-16(20)11-15/h2-4,11,17H,5-10,12-14H2,1H3,(H2,21,22,23). The lowest BCUT2D eigenvalue weighted by Crippen LogP contribution is -2.64. The molecule has 0 radical (unpaired) electrons. The van der Waals surface area contributed by atoms with Gasteiger partial charge >= 0.3 is 0 Å². The molecule has 6 heteroatoms. The third kappa shape index (κ3) is 3.86. The van der Waals surface area contributed by atoms with Crippen molar-refractivity contribution < 1.29 is 0 Å². The average molecular weight is 406 g/mol. The first-order valence-electron chi connectivity index (χ1n) is 9.35. The highest BCUT2D eigenvalue weighted by atomic mass is 79.9. The Morgan fingerprint density at radius 2 is 2.04 bits per heavy atom. The van der Waals surface area contributed by atoms with E-state index in [1.54, 1.807) is 0 Å². The Bertz CT molecular complexity index is 634. The van der Waals surface area contributed by atoms with Crippen LogP contribution in [0.5, 0.6) is 0 Å². The van der Waals surface area contributed by atoms with Gasteiger partial charge in [-0.15, -0.1) is 0 Å². The molecule has 1 unspecified atom stereocenters. The highest BCUT2D eigenvalue weighted by molar-refractivity contribution is 9.10. The Kier molecular flexibility index (Phi) is 5.02. The van der Waals surface area contributed by atoms with E-state index in [2.05, 4.69) is 65.6 Å². The van der Waals surface area contributed by atoms with Crippen molar-refractivity contribution in [2.75, 3.05) is 52.9 Å². The van der Waals surface area contributed by atoms with Gasteiger partial charge < -0.3 is 10.6 Å². The fourth-order valence-corrected chi connectivity index (χ4v) is 4.54. The molecule has 1 aromatic rings. The van der Waals surface area contributed by atoms with E-state index in [1.807, 2.05) is 7.05 Å². The van der Waals surface area contributed by atoms with Crippen LogP contribution in [0.1, 0.15) is 18.4 Å². The number of aliphatic imine (C=N–C) groups is 1. The second kappa shape index (κ2) is 7.25. The van der Waals surface area contributed by atoms with Crippen molar-refractivity contribution in [2.24, 2.45) is 4.99 Å². The highest BCUT2D eigenvalue weighted by Gasteiger charge is 2.44. The van der Waals surface area contributed by atoms with Crippen LogP contribution in [0, 0.1) is 0 Å². The van der Waals surface area contributed by atoms with Crippen LogP contribution in [-0.2, 0) is 5.41 Å². The van der Waals surface area contributed by atoms with E-state index < -0.39 is 0 Å². The van der Waals surface area contributed by atoms with Crippen molar-refractivity contribution in [1.82, 2.24) is 20.4 Å². The van der Waals surface area contributed by atoms with Gasteiger partial charge in [0.25, 0.3) is 0 Å². The molecule has 1 aliphatic carbocycles. The molecule has 3 aliphatic heterocycles. The van der Waals surface area contributed by atoms with Gasteiger partial charge in [-0.2, -0.15) is 0 Å². The zero-order chi connectivity index (χ0) is 17.3. The molecule has 0 amide bonds. The number of halogens is 1. The Morgan fingerprint density at radius 3 is 2.64 bits per heavy atom. The zero-order valence-electron chi connectivity index (χ0n) is 15.0. The largest absolute Gasteiger partial charge is 0.356 e. The molecule has 4 fully saturated rings. The minimum atomic E-state index is 0.278. The van der Waals surface area contributed by atoms with E-state index in [0.29, 0.717) is 6.04 Å². The van der Waals surface area contributed by atoms with Crippen LogP contribution in [-0.4, -0.2) is 74.7 Å². The highest BCUT2D eigenvalue weighted by Crippen LogP contribution is 2.48. The summed E-state index contributed by atoms with van der Waals surface area (Å²) in [6.07, 6.45) is 2.50. The van der Waals surface area contributed by atoms with Crippen LogP contribution >= 0.6 is 15.9 Å². The van der Waals surface area contributed by atoms with Crippen LogP contribution in [0.2, 0.25) is 0 Å². The maximum Gasteiger partial charge on any atom is 0.191 e. The minimum Gasteiger partial charge on any atom is -0.356 e. The average Bonchev–Trinajstić information content (AvgIpc) is 3.44. The summed E-state index contributed by atoms with van der Waals surface area (Å²) in [6, 6.07) is 9.34. The van der Waals surface area contributed by atoms with E-state index >= 15 is 0 Å². The van der Waals surface area contributed by atoms with Crippen molar-refractivity contribution in [3.05, 3.63) is 34.3 Å². The monoisotopic (exact) mass is 405 g/mol. The molecule has 136 valence electrons. The van der Waals surface area contributed by atoms with Gasteiger partial charge in [0.15, 0.2) is 5.96 Å². The Labute approximate surface area is 159 Å². The lowest BCUT2D eigenvalue weighted by atomic mass is 9.96. The summed E-state index contributed by atoms with van der Waals surface area (Å²) in [4.78, 5) is 9.62. The molecule has 25 heavy (non-hydrogen) atoms. The van der Waals surface area contributed by atoms with E-state index in [9.17, 15) is 0 Å². The zero-order valence-corrected chi connectivity index (χ0v) is 16.6. The molecular weight excluding hydrogens is 378 g/mol. The summed E-state index contributed by atoms with van der Waals surface area (Å²) in [7, 11) is 1.87. The van der Waals surface area contributed by atoms with Gasteiger partial charge in [-0.05, 0) is 30.5 Å². The number of benzene rings is 1. The molecule has 4 aliphatic rings. The number of nitrogens with zero attached hydrogens (tertiary/aromatic N) is 3. The number of guanidine groups is 1. The topological polar surface area (TPSA) is 42.9 Å². The van der Waals surface area contributed by atoms with Crippen LogP contribution in [0.25, 0.3) is 0 Å². The third-order valence-corrected chi connectivity index (χ3v) is 6.50. The SMILES string of the molecule is CN=C(NCC1CN2CCN1CC2)NCC1(c2cccc(Br)c2)CC1. The molecule has 3 saturated heterocycles. The maximum absolute atomic E-state index is 4.43. The van der Waals surface area contributed by atoms with Gasteiger partial charge in [-0.3, -0.25) is 14.8 Å². The van der Waals surface area contributed by atoms with Crippen molar-refractivity contribution >= 4 is 21.9 Å². The van der Waals surface area contributed by atoms with Crippen molar-refractivity contribution in [3.63, 3.8) is 0 Å². The van der Waals surface area contributed by atoms with E-state index in [1.165, 1.54) is 51.1 Å². The van der Waals surface area contributed by atoms with Gasteiger partial charge in [0.2, 0.25) is 0 Å².